The largest absolute Gasteiger partial charge is 0.495 e. The van der Waals surface area contributed by atoms with Crippen molar-refractivity contribution >= 4 is 17.1 Å². The van der Waals surface area contributed by atoms with E-state index in [1.54, 1.807) is 7.11 Å². The van der Waals surface area contributed by atoms with Gasteiger partial charge in [0.25, 0.3) is 0 Å². The van der Waals surface area contributed by atoms with Gasteiger partial charge in [0.15, 0.2) is 0 Å². The average Bonchev–Trinajstić information content (AvgIpc) is 2.50. The summed E-state index contributed by atoms with van der Waals surface area (Å²) in [4.78, 5) is 2.30. The van der Waals surface area contributed by atoms with Crippen LogP contribution in [-0.2, 0) is 0 Å². The van der Waals surface area contributed by atoms with Crippen molar-refractivity contribution in [3.63, 3.8) is 0 Å². The van der Waals surface area contributed by atoms with Gasteiger partial charge in [-0.3, -0.25) is 0 Å². The molecule has 0 atom stereocenters. The van der Waals surface area contributed by atoms with Crippen molar-refractivity contribution in [2.24, 2.45) is 0 Å². The maximum atomic E-state index is 5.90. The summed E-state index contributed by atoms with van der Waals surface area (Å²) in [5.41, 5.74) is 8.86. The topological polar surface area (TPSA) is 38.5 Å². The van der Waals surface area contributed by atoms with Crippen molar-refractivity contribution in [2.75, 3.05) is 24.3 Å². The first-order chi connectivity index (χ1) is 9.76. The lowest BCUT2D eigenvalue weighted by Crippen LogP contribution is -2.18. The second kappa shape index (κ2) is 6.85. The standard InChI is InChI=1S/C17H22N2O/c1-3-4-12-19(14-8-6-5-7-9-14)15-10-11-16(18)17(13-15)20-2/h5-11,13H,3-4,12,18H2,1-2H3. The number of nitrogens with two attached hydrogens (primary N) is 1. The Bertz CT molecular complexity index is 540. The lowest BCUT2D eigenvalue weighted by Gasteiger charge is -2.25. The highest BCUT2D eigenvalue weighted by molar-refractivity contribution is 5.69. The first-order valence-electron chi connectivity index (χ1n) is 7.02. The molecule has 0 aliphatic heterocycles. The molecule has 0 amide bonds. The summed E-state index contributed by atoms with van der Waals surface area (Å²) < 4.78 is 5.32. The number of unbranched alkanes of at least 4 members (excludes halogenated alkanes) is 1. The first kappa shape index (κ1) is 14.3. The van der Waals surface area contributed by atoms with Crippen molar-refractivity contribution < 1.29 is 4.74 Å². The van der Waals surface area contributed by atoms with Crippen molar-refractivity contribution in [1.29, 1.82) is 0 Å². The summed E-state index contributed by atoms with van der Waals surface area (Å²) >= 11 is 0. The lowest BCUT2D eigenvalue weighted by molar-refractivity contribution is 0.417. The van der Waals surface area contributed by atoms with E-state index < -0.39 is 0 Å². The van der Waals surface area contributed by atoms with Crippen LogP contribution in [-0.4, -0.2) is 13.7 Å². The Balaban J connectivity index is 2.36. The minimum Gasteiger partial charge on any atom is -0.495 e. The van der Waals surface area contributed by atoms with E-state index in [1.165, 1.54) is 5.69 Å². The van der Waals surface area contributed by atoms with Crippen molar-refractivity contribution in [3.05, 3.63) is 48.5 Å². The molecule has 0 heterocycles. The van der Waals surface area contributed by atoms with Crippen LogP contribution in [0.15, 0.2) is 48.5 Å². The average molecular weight is 270 g/mol. The molecule has 0 saturated heterocycles. The van der Waals surface area contributed by atoms with Crippen molar-refractivity contribution in [2.45, 2.75) is 19.8 Å². The number of hydrogen-bond acceptors (Lipinski definition) is 3. The summed E-state index contributed by atoms with van der Waals surface area (Å²) in [6, 6.07) is 16.3. The lowest BCUT2D eigenvalue weighted by atomic mass is 10.2. The van der Waals surface area contributed by atoms with Gasteiger partial charge in [0.1, 0.15) is 5.75 Å². The highest BCUT2D eigenvalue weighted by Gasteiger charge is 2.10. The van der Waals surface area contributed by atoms with E-state index in [2.05, 4.69) is 36.1 Å². The summed E-state index contributed by atoms with van der Waals surface area (Å²) in [6.45, 7) is 3.18. The number of para-hydroxylation sites is 1. The van der Waals surface area contributed by atoms with Gasteiger partial charge in [0, 0.05) is 24.0 Å². The Morgan fingerprint density at radius 1 is 1.05 bits per heavy atom. The molecule has 3 heteroatoms. The number of nitrogen functional groups attached to an aromatic ring is 1. The van der Waals surface area contributed by atoms with E-state index in [4.69, 9.17) is 10.5 Å². The minimum absolute atomic E-state index is 0.666. The second-order valence-electron chi connectivity index (χ2n) is 4.77. The number of rotatable bonds is 6. The van der Waals surface area contributed by atoms with Crippen molar-refractivity contribution in [3.8, 4) is 5.75 Å². The van der Waals surface area contributed by atoms with Gasteiger partial charge in [-0.25, -0.2) is 0 Å². The fourth-order valence-corrected chi connectivity index (χ4v) is 2.20. The molecule has 3 nitrogen and oxygen atoms in total. The molecule has 106 valence electrons. The summed E-state index contributed by atoms with van der Waals surface area (Å²) in [5, 5.41) is 0. The third-order valence-electron chi connectivity index (χ3n) is 3.33. The van der Waals surface area contributed by atoms with Gasteiger partial charge in [-0.15, -0.1) is 0 Å². The van der Waals surface area contributed by atoms with Gasteiger partial charge >= 0.3 is 0 Å². The van der Waals surface area contributed by atoms with E-state index in [0.717, 1.165) is 30.8 Å². The molecule has 2 rings (SSSR count). The van der Waals surface area contributed by atoms with Gasteiger partial charge in [-0.2, -0.15) is 0 Å². The Morgan fingerprint density at radius 3 is 2.45 bits per heavy atom. The van der Waals surface area contributed by atoms with Crippen LogP contribution in [0, 0.1) is 0 Å². The molecule has 0 bridgehead atoms. The van der Waals surface area contributed by atoms with Crippen LogP contribution in [0.5, 0.6) is 5.75 Å². The number of ether oxygens (including phenoxy) is 1. The van der Waals surface area contributed by atoms with Crippen LogP contribution in [0.25, 0.3) is 0 Å². The van der Waals surface area contributed by atoms with Gasteiger partial charge in [-0.1, -0.05) is 31.5 Å². The van der Waals surface area contributed by atoms with E-state index in [9.17, 15) is 0 Å². The molecule has 2 N–H and O–H groups in total. The Labute approximate surface area is 121 Å². The first-order valence-corrected chi connectivity index (χ1v) is 7.02. The van der Waals surface area contributed by atoms with Crippen LogP contribution in [0.3, 0.4) is 0 Å². The normalized spacial score (nSPS) is 10.3. The molecule has 0 aliphatic carbocycles. The van der Waals surface area contributed by atoms with E-state index in [0.29, 0.717) is 5.69 Å². The Kier molecular flexibility index (Phi) is 4.88. The predicted octanol–water partition coefficient (Wildman–Crippen LogP) is 4.22. The molecule has 20 heavy (non-hydrogen) atoms. The summed E-state index contributed by atoms with van der Waals surface area (Å²) in [7, 11) is 1.65. The highest BCUT2D eigenvalue weighted by Crippen LogP contribution is 2.31. The zero-order valence-electron chi connectivity index (χ0n) is 12.2. The van der Waals surface area contributed by atoms with Gasteiger partial charge in [-0.05, 0) is 30.7 Å². The zero-order valence-corrected chi connectivity index (χ0v) is 12.2. The number of nitrogens with zero attached hydrogens (tertiary/aromatic N) is 1. The minimum atomic E-state index is 0.666. The zero-order chi connectivity index (χ0) is 14.4. The third kappa shape index (κ3) is 3.23. The van der Waals surface area contributed by atoms with Gasteiger partial charge in [0.05, 0.1) is 12.8 Å². The molecule has 0 spiro atoms. The monoisotopic (exact) mass is 270 g/mol. The van der Waals surface area contributed by atoms with Gasteiger partial charge in [0.2, 0.25) is 0 Å². The third-order valence-corrected chi connectivity index (χ3v) is 3.33. The molecule has 0 saturated carbocycles. The molecule has 0 unspecified atom stereocenters. The van der Waals surface area contributed by atoms with Gasteiger partial charge < -0.3 is 15.4 Å². The van der Waals surface area contributed by atoms with Crippen LogP contribution in [0.1, 0.15) is 19.8 Å². The summed E-state index contributed by atoms with van der Waals surface area (Å²) in [5.74, 6) is 0.722. The van der Waals surface area contributed by atoms with E-state index >= 15 is 0 Å². The Morgan fingerprint density at radius 2 is 1.80 bits per heavy atom. The van der Waals surface area contributed by atoms with Crippen molar-refractivity contribution in [1.82, 2.24) is 0 Å². The van der Waals surface area contributed by atoms with E-state index in [-0.39, 0.29) is 0 Å². The summed E-state index contributed by atoms with van der Waals surface area (Å²) in [6.07, 6.45) is 2.30. The number of anilines is 3. The van der Waals surface area contributed by atoms with Crippen LogP contribution < -0.4 is 15.4 Å². The predicted molar refractivity (Wildman–Crippen MR) is 85.8 cm³/mol. The molecule has 0 aromatic heterocycles. The van der Waals surface area contributed by atoms with Crippen LogP contribution in [0.2, 0.25) is 0 Å². The van der Waals surface area contributed by atoms with Crippen LogP contribution >= 0.6 is 0 Å². The fourth-order valence-electron chi connectivity index (χ4n) is 2.20. The molecular formula is C17H22N2O. The smallest absolute Gasteiger partial charge is 0.143 e. The molecule has 2 aromatic rings. The van der Waals surface area contributed by atoms with Crippen LogP contribution in [0.4, 0.5) is 17.1 Å². The number of methoxy groups -OCH3 is 1. The maximum Gasteiger partial charge on any atom is 0.143 e. The quantitative estimate of drug-likeness (QED) is 0.799. The molecule has 2 aromatic carbocycles. The number of benzene rings is 2. The highest BCUT2D eigenvalue weighted by atomic mass is 16.5. The maximum absolute atomic E-state index is 5.90. The molecular weight excluding hydrogens is 248 g/mol. The number of hydrogen-bond donors (Lipinski definition) is 1. The Hall–Kier alpha value is -2.16. The second-order valence-corrected chi connectivity index (χ2v) is 4.77. The molecule has 0 aliphatic rings. The van der Waals surface area contributed by atoms with E-state index in [1.807, 2.05) is 24.3 Å². The molecule has 0 fully saturated rings. The molecule has 0 radical (unpaired) electrons. The SMILES string of the molecule is CCCCN(c1ccccc1)c1ccc(N)c(OC)c1. The fraction of sp³-hybridized carbons (Fsp3) is 0.294.